The fraction of sp³-hybridized carbons (Fsp3) is 0.235. The van der Waals surface area contributed by atoms with E-state index >= 15 is 0 Å². The second kappa shape index (κ2) is 20.7. The molecule has 0 atom stereocenters. The Labute approximate surface area is 379 Å². The third kappa shape index (κ3) is 14.4. The Kier molecular flexibility index (Phi) is 12.8. The SMILES string of the molecule is C[Si](C)(C)c1ccc(-c2[c-]cc(F)cc2)nc1.[2H]c1cc(C([2H])([2H])C(C)(C)C)cc([2H])c1-c1c(C([2H])([2H])[2H])cnc(-c2[c-]cccc2)c1[2H].[CH3][Ge]([CH3])([CH3])[c]1ccc(-c2[c-]cc(F)cc2)nc1.[Ir+3]. The van der Waals surface area contributed by atoms with Crippen molar-refractivity contribution in [2.75, 3.05) is 0 Å². The first-order chi connectivity index (χ1) is 30.6. The molecule has 3 aromatic heterocycles. The van der Waals surface area contributed by atoms with Gasteiger partial charge in [-0.25, -0.2) is 0 Å². The number of rotatable bonds is 7. The van der Waals surface area contributed by atoms with Gasteiger partial charge >= 0.3 is 124 Å². The van der Waals surface area contributed by atoms with Gasteiger partial charge in [-0.1, -0.05) is 82.8 Å². The van der Waals surface area contributed by atoms with Gasteiger partial charge in [-0.15, -0.1) is 65.7 Å². The second-order valence-corrected chi connectivity index (χ2v) is 32.5. The van der Waals surface area contributed by atoms with E-state index in [0.29, 0.717) is 5.56 Å². The van der Waals surface area contributed by atoms with Gasteiger partial charge in [0.05, 0.1) is 12.2 Å². The Hall–Kier alpha value is -4.40. The molecule has 3 nitrogen and oxygen atoms in total. The van der Waals surface area contributed by atoms with Gasteiger partial charge in [0.1, 0.15) is 0 Å². The van der Waals surface area contributed by atoms with E-state index in [4.69, 9.17) is 11.0 Å². The molecule has 0 aliphatic carbocycles. The molecule has 0 bridgehead atoms. The second-order valence-electron chi connectivity index (χ2n) is 16.8. The Bertz CT molecular complexity index is 2620. The minimum Gasteiger partial charge on any atom is 3.00 e. The number of aromatic nitrogens is 3. The van der Waals surface area contributed by atoms with E-state index in [1.165, 1.54) is 46.0 Å². The number of halogens is 2. The average molecular weight is 1050 g/mol. The van der Waals surface area contributed by atoms with Crippen molar-refractivity contribution in [3.05, 3.63) is 175 Å². The van der Waals surface area contributed by atoms with Crippen molar-refractivity contribution in [1.82, 2.24) is 15.0 Å². The number of pyridine rings is 3. The zero-order valence-corrected chi connectivity index (χ0v) is 40.4. The van der Waals surface area contributed by atoms with Crippen LogP contribution < -0.4 is 9.58 Å². The first kappa shape index (κ1) is 36.5. The molecule has 304 valence electrons. The number of hydrogen-bond donors (Lipinski definition) is 0. The molecule has 3 heterocycles. The molecular weight excluding hydrogens is 985 g/mol. The number of aryl methyl sites for hydroxylation is 1. The minimum atomic E-state index is -2.62. The molecule has 0 spiro atoms. The summed E-state index contributed by atoms with van der Waals surface area (Å²) in [5, 5.41) is 1.32. The Balaban J connectivity index is 0.000000237. The molecule has 59 heavy (non-hydrogen) atoms. The van der Waals surface area contributed by atoms with Crippen molar-refractivity contribution < 1.29 is 39.9 Å². The third-order valence-corrected chi connectivity index (χ3v) is 15.0. The molecule has 0 fully saturated rings. The number of benzene rings is 4. The van der Waals surface area contributed by atoms with Crippen LogP contribution >= 0.6 is 0 Å². The van der Waals surface area contributed by atoms with Crippen LogP contribution in [0.15, 0.2) is 134 Å². The van der Waals surface area contributed by atoms with Crippen LogP contribution in [0.2, 0.25) is 36.9 Å². The van der Waals surface area contributed by atoms with Crippen molar-refractivity contribution in [3.63, 3.8) is 0 Å². The van der Waals surface area contributed by atoms with Crippen LogP contribution in [0.25, 0.3) is 44.9 Å². The van der Waals surface area contributed by atoms with Crippen LogP contribution in [0.1, 0.15) is 42.9 Å². The Morgan fingerprint density at radius 3 is 1.73 bits per heavy atom. The maximum Gasteiger partial charge on any atom is 3.00 e. The Morgan fingerprint density at radius 2 is 1.29 bits per heavy atom. The van der Waals surface area contributed by atoms with Crippen LogP contribution in [-0.4, -0.2) is 36.3 Å². The van der Waals surface area contributed by atoms with Crippen molar-refractivity contribution in [2.24, 2.45) is 5.41 Å². The van der Waals surface area contributed by atoms with E-state index in [1.54, 1.807) is 57.2 Å². The van der Waals surface area contributed by atoms with Crippen LogP contribution in [-0.2, 0) is 26.5 Å². The van der Waals surface area contributed by atoms with Gasteiger partial charge in [0.2, 0.25) is 0 Å². The summed E-state index contributed by atoms with van der Waals surface area (Å²) >= 11 is -1.79. The maximum absolute atomic E-state index is 12.8. The summed E-state index contributed by atoms with van der Waals surface area (Å²) in [6, 6.07) is 34.8. The molecule has 0 saturated carbocycles. The third-order valence-electron chi connectivity index (χ3n) is 8.67. The van der Waals surface area contributed by atoms with Gasteiger partial charge in [0.15, 0.2) is 0 Å². The standard InChI is InChI=1S/C23H24N.C14H15FGeN.C14H15FNSi.Ir/c1-17-16-24-22(20-8-6-5-7-9-20)14-21(17)19-12-10-18(11-13-19)15-23(2,3)4;1-16(2,3)13-8-9-14(17-10-13)11-4-6-12(15)7-5-11;1-17(2,3)13-8-9-14(16-10-13)11-4-6-12(15)7-5-11;/h5-8,10-14,16H,15H2,1-4H3;2*4,6-10H,1-3H3;/q3*-1;+3/i1D3,12D,13D,14D,15D2;;;. The fourth-order valence-corrected chi connectivity index (χ4v) is 8.65. The number of hydrogen-bond acceptors (Lipinski definition) is 3. The van der Waals surface area contributed by atoms with Gasteiger partial charge in [-0.05, 0) is 57.5 Å². The molecule has 0 unspecified atom stereocenters. The first-order valence-electron chi connectivity index (χ1n) is 23.0. The van der Waals surface area contributed by atoms with E-state index < -0.39 is 40.0 Å². The van der Waals surface area contributed by atoms with E-state index in [0.717, 1.165) is 28.7 Å². The molecule has 0 aliphatic rings. The van der Waals surface area contributed by atoms with E-state index in [-0.39, 0.29) is 77.8 Å². The van der Waals surface area contributed by atoms with Crippen molar-refractivity contribution in [3.8, 4) is 44.9 Å². The average Bonchev–Trinajstić information content (AvgIpc) is 3.24. The van der Waals surface area contributed by atoms with Crippen LogP contribution in [0.4, 0.5) is 8.78 Å². The molecule has 8 heteroatoms. The van der Waals surface area contributed by atoms with E-state index in [9.17, 15) is 8.78 Å². The van der Waals surface area contributed by atoms with Crippen molar-refractivity contribution >= 4 is 30.9 Å². The van der Waals surface area contributed by atoms with Crippen LogP contribution in [0.5, 0.6) is 0 Å². The summed E-state index contributed by atoms with van der Waals surface area (Å²) in [4.78, 5) is 13.1. The van der Waals surface area contributed by atoms with Crippen molar-refractivity contribution in [2.45, 2.75) is 70.9 Å². The topological polar surface area (TPSA) is 38.7 Å². The summed E-state index contributed by atoms with van der Waals surface area (Å²) in [5.41, 5.74) is 3.09. The molecule has 4 aromatic carbocycles. The summed E-state index contributed by atoms with van der Waals surface area (Å²) in [6.45, 7) is 9.43. The minimum absolute atomic E-state index is 0. The van der Waals surface area contributed by atoms with Crippen LogP contribution in [0.3, 0.4) is 0 Å². The normalized spacial score (nSPS) is 13.7. The fourth-order valence-electron chi connectivity index (χ4n) is 5.44. The molecule has 7 rings (SSSR count). The zero-order chi connectivity index (χ0) is 49.0. The summed E-state index contributed by atoms with van der Waals surface area (Å²) in [6.07, 6.45) is 3.22. The quantitative estimate of drug-likeness (QED) is 0.118. The van der Waals surface area contributed by atoms with Gasteiger partial charge < -0.3 is 9.97 Å². The van der Waals surface area contributed by atoms with Gasteiger partial charge in [0.25, 0.3) is 0 Å². The van der Waals surface area contributed by atoms with Crippen LogP contribution in [0, 0.1) is 42.1 Å². The molecule has 0 radical (unpaired) electrons. The smallest absolute Gasteiger partial charge is 3.00 e. The summed E-state index contributed by atoms with van der Waals surface area (Å²) in [5.74, 6) is 6.46. The molecule has 0 amide bonds. The van der Waals surface area contributed by atoms with E-state index in [2.05, 4.69) is 82.2 Å². The molecule has 0 aliphatic heterocycles. The number of nitrogens with zero attached hydrogens (tertiary/aromatic N) is 3. The molecule has 7 aromatic rings. The van der Waals surface area contributed by atoms with E-state index in [1.807, 2.05) is 24.5 Å². The summed E-state index contributed by atoms with van der Waals surface area (Å²) < 4.78 is 93.5. The summed E-state index contributed by atoms with van der Waals surface area (Å²) in [7, 11) is -1.30. The molecule has 0 saturated heterocycles. The monoisotopic (exact) mass is 1050 g/mol. The maximum atomic E-state index is 12.8. The van der Waals surface area contributed by atoms with Crippen molar-refractivity contribution in [1.29, 1.82) is 0 Å². The Morgan fingerprint density at radius 1 is 0.712 bits per heavy atom. The van der Waals surface area contributed by atoms with Gasteiger partial charge in [0, 0.05) is 25.1 Å². The first-order valence-corrected chi connectivity index (χ1v) is 29.8. The predicted molar refractivity (Wildman–Crippen MR) is 245 cm³/mol. The molecule has 0 N–H and O–H groups in total. The predicted octanol–water partition coefficient (Wildman–Crippen LogP) is 12.6. The largest absolute Gasteiger partial charge is 3.00 e. The molecular formula is C51H54F2GeIrN3Si. The van der Waals surface area contributed by atoms with Gasteiger partial charge in [-0.3, -0.25) is 4.39 Å². The van der Waals surface area contributed by atoms with Gasteiger partial charge in [-0.2, -0.15) is 0 Å². The zero-order valence-electron chi connectivity index (χ0n) is 42.9.